The first-order valence-electron chi connectivity index (χ1n) is 11.1. The molecule has 3 saturated heterocycles. The van der Waals surface area contributed by atoms with Gasteiger partial charge in [0.15, 0.2) is 0 Å². The van der Waals surface area contributed by atoms with Crippen LogP contribution in [-0.2, 0) is 17.9 Å². The summed E-state index contributed by atoms with van der Waals surface area (Å²) in [5, 5.41) is 4.77. The van der Waals surface area contributed by atoms with Gasteiger partial charge in [0, 0.05) is 42.9 Å². The Morgan fingerprint density at radius 1 is 1.21 bits per heavy atom. The number of carbonyl (C=O) groups is 1. The molecule has 5 heteroatoms. The van der Waals surface area contributed by atoms with Crippen LogP contribution in [0.25, 0.3) is 0 Å². The molecule has 1 aromatic heterocycles. The second kappa shape index (κ2) is 6.69. The Labute approximate surface area is 173 Å². The van der Waals surface area contributed by atoms with Crippen molar-refractivity contribution < 1.29 is 4.79 Å². The maximum atomic E-state index is 13.8. The Bertz CT molecular complexity index is 964. The molecule has 0 saturated carbocycles. The molecule has 0 radical (unpaired) electrons. The summed E-state index contributed by atoms with van der Waals surface area (Å²) in [5.74, 6) is 0.791. The third-order valence-electron chi connectivity index (χ3n) is 7.82. The van der Waals surface area contributed by atoms with Crippen LogP contribution in [0.3, 0.4) is 0 Å². The highest BCUT2D eigenvalue weighted by Crippen LogP contribution is 2.56. The van der Waals surface area contributed by atoms with E-state index in [-0.39, 0.29) is 5.54 Å². The zero-order chi connectivity index (χ0) is 20.3. The van der Waals surface area contributed by atoms with Crippen LogP contribution in [0.1, 0.15) is 60.3 Å². The minimum atomic E-state index is -0.277. The first kappa shape index (κ1) is 18.9. The zero-order valence-corrected chi connectivity index (χ0v) is 18.1. The summed E-state index contributed by atoms with van der Waals surface area (Å²) in [5.41, 5.74) is 6.06. The van der Waals surface area contributed by atoms with Gasteiger partial charge in [0.1, 0.15) is 5.54 Å². The van der Waals surface area contributed by atoms with Gasteiger partial charge in [-0.05, 0) is 64.6 Å². The zero-order valence-electron chi connectivity index (χ0n) is 18.1. The Hall–Kier alpha value is -2.14. The fourth-order valence-corrected chi connectivity index (χ4v) is 6.48. The number of benzene rings is 1. The SMILES string of the molecule is CCn1nc(C)c([C@@H]2C[C@H]3CN(Cc4ccccc4C)C(=O)[C@]34CCCN24)c1C. The monoisotopic (exact) mass is 392 g/mol. The highest BCUT2D eigenvalue weighted by atomic mass is 16.2. The van der Waals surface area contributed by atoms with E-state index in [9.17, 15) is 4.79 Å². The number of hydrogen-bond donors (Lipinski definition) is 0. The topological polar surface area (TPSA) is 41.4 Å². The highest BCUT2D eigenvalue weighted by Gasteiger charge is 2.65. The van der Waals surface area contributed by atoms with E-state index in [4.69, 9.17) is 5.10 Å². The molecule has 3 aliphatic rings. The Balaban J connectivity index is 1.46. The molecule has 0 aliphatic carbocycles. The van der Waals surface area contributed by atoms with Crippen molar-refractivity contribution in [1.82, 2.24) is 19.6 Å². The van der Waals surface area contributed by atoms with Gasteiger partial charge in [-0.1, -0.05) is 24.3 Å². The second-order valence-corrected chi connectivity index (χ2v) is 9.18. The summed E-state index contributed by atoms with van der Waals surface area (Å²) >= 11 is 0. The van der Waals surface area contributed by atoms with Crippen molar-refractivity contribution in [2.24, 2.45) is 5.92 Å². The molecule has 4 heterocycles. The maximum Gasteiger partial charge on any atom is 0.243 e. The van der Waals surface area contributed by atoms with E-state index in [0.29, 0.717) is 17.9 Å². The molecule has 3 fully saturated rings. The smallest absolute Gasteiger partial charge is 0.243 e. The van der Waals surface area contributed by atoms with Crippen LogP contribution in [-0.4, -0.2) is 44.1 Å². The molecule has 1 spiro atoms. The van der Waals surface area contributed by atoms with Gasteiger partial charge in [-0.15, -0.1) is 0 Å². The third-order valence-corrected chi connectivity index (χ3v) is 7.82. The lowest BCUT2D eigenvalue weighted by Gasteiger charge is -2.34. The number of nitrogens with zero attached hydrogens (tertiary/aromatic N) is 4. The molecule has 5 rings (SSSR count). The van der Waals surface area contributed by atoms with Crippen LogP contribution in [0.2, 0.25) is 0 Å². The Kier molecular flexibility index (Phi) is 4.35. The van der Waals surface area contributed by atoms with E-state index >= 15 is 0 Å². The molecule has 3 atom stereocenters. The predicted molar refractivity (Wildman–Crippen MR) is 113 cm³/mol. The van der Waals surface area contributed by atoms with Crippen molar-refractivity contribution in [2.75, 3.05) is 13.1 Å². The molecular weight excluding hydrogens is 360 g/mol. The molecule has 2 aromatic rings. The van der Waals surface area contributed by atoms with Gasteiger partial charge < -0.3 is 4.90 Å². The predicted octanol–water partition coefficient (Wildman–Crippen LogP) is 3.77. The quantitative estimate of drug-likeness (QED) is 0.795. The van der Waals surface area contributed by atoms with Gasteiger partial charge in [0.05, 0.1) is 5.69 Å². The number of rotatable bonds is 4. The largest absolute Gasteiger partial charge is 0.336 e. The first-order chi connectivity index (χ1) is 14.0. The van der Waals surface area contributed by atoms with E-state index < -0.39 is 0 Å². The Morgan fingerprint density at radius 3 is 2.72 bits per heavy atom. The van der Waals surface area contributed by atoms with E-state index in [0.717, 1.165) is 51.1 Å². The van der Waals surface area contributed by atoms with Gasteiger partial charge in [0.25, 0.3) is 0 Å². The van der Waals surface area contributed by atoms with Crippen molar-refractivity contribution in [3.63, 3.8) is 0 Å². The summed E-state index contributed by atoms with van der Waals surface area (Å²) < 4.78 is 2.12. The van der Waals surface area contributed by atoms with Crippen molar-refractivity contribution in [3.8, 4) is 0 Å². The number of hydrogen-bond acceptors (Lipinski definition) is 3. The molecule has 3 aliphatic heterocycles. The molecule has 0 N–H and O–H groups in total. The van der Waals surface area contributed by atoms with Gasteiger partial charge in [-0.2, -0.15) is 5.10 Å². The lowest BCUT2D eigenvalue weighted by Crippen LogP contribution is -2.49. The number of likely N-dealkylation sites (tertiary alicyclic amines) is 1. The summed E-state index contributed by atoms with van der Waals surface area (Å²) in [7, 11) is 0. The van der Waals surface area contributed by atoms with Gasteiger partial charge >= 0.3 is 0 Å². The highest BCUT2D eigenvalue weighted by molar-refractivity contribution is 5.90. The maximum absolute atomic E-state index is 13.8. The second-order valence-electron chi connectivity index (χ2n) is 9.18. The normalized spacial score (nSPS) is 29.0. The minimum Gasteiger partial charge on any atom is -0.336 e. The van der Waals surface area contributed by atoms with Crippen LogP contribution in [0, 0.1) is 26.7 Å². The number of carbonyl (C=O) groups excluding carboxylic acids is 1. The van der Waals surface area contributed by atoms with Crippen LogP contribution in [0.4, 0.5) is 0 Å². The molecule has 1 aromatic carbocycles. The van der Waals surface area contributed by atoms with Gasteiger partial charge in [-0.3, -0.25) is 14.4 Å². The molecule has 5 nitrogen and oxygen atoms in total. The van der Waals surface area contributed by atoms with E-state index in [1.807, 2.05) is 0 Å². The molecule has 1 amide bonds. The van der Waals surface area contributed by atoms with Crippen molar-refractivity contribution >= 4 is 5.91 Å². The van der Waals surface area contributed by atoms with Crippen LogP contribution in [0.15, 0.2) is 24.3 Å². The Morgan fingerprint density at radius 2 is 2.00 bits per heavy atom. The number of aryl methyl sites for hydroxylation is 3. The van der Waals surface area contributed by atoms with Crippen LogP contribution in [0.5, 0.6) is 0 Å². The molecule has 29 heavy (non-hydrogen) atoms. The fourth-order valence-electron chi connectivity index (χ4n) is 6.48. The van der Waals surface area contributed by atoms with Gasteiger partial charge in [-0.25, -0.2) is 0 Å². The summed E-state index contributed by atoms with van der Waals surface area (Å²) in [6.07, 6.45) is 3.21. The number of aromatic nitrogens is 2. The van der Waals surface area contributed by atoms with E-state index in [1.54, 1.807) is 0 Å². The van der Waals surface area contributed by atoms with Crippen molar-refractivity contribution in [1.29, 1.82) is 0 Å². The number of amides is 1. The van der Waals surface area contributed by atoms with Crippen LogP contribution < -0.4 is 0 Å². The molecular formula is C24H32N4O. The van der Waals surface area contributed by atoms with Crippen molar-refractivity contribution in [3.05, 3.63) is 52.3 Å². The van der Waals surface area contributed by atoms with E-state index in [1.165, 1.54) is 22.4 Å². The fraction of sp³-hybridized carbons (Fsp3) is 0.583. The lowest BCUT2D eigenvalue weighted by atomic mass is 9.85. The summed E-state index contributed by atoms with van der Waals surface area (Å²) in [6, 6.07) is 8.80. The van der Waals surface area contributed by atoms with Crippen molar-refractivity contribution in [2.45, 2.75) is 71.6 Å². The molecule has 154 valence electrons. The third kappa shape index (κ3) is 2.56. The summed E-state index contributed by atoms with van der Waals surface area (Å²) in [6.45, 7) is 12.2. The lowest BCUT2D eigenvalue weighted by molar-refractivity contribution is -0.137. The first-order valence-corrected chi connectivity index (χ1v) is 11.1. The molecule has 0 unspecified atom stereocenters. The standard InChI is InChI=1S/C24H32N4O/c1-5-28-18(4)22(17(3)25-28)21-13-20-15-26(14-19-10-7-6-9-16(19)2)23(29)24(20)11-8-12-27(21)24/h6-7,9-10,20-21H,5,8,11-15H2,1-4H3/t20-,21-,24-/m0/s1. The average molecular weight is 393 g/mol. The molecule has 0 bridgehead atoms. The minimum absolute atomic E-state index is 0.277. The van der Waals surface area contributed by atoms with Gasteiger partial charge in [0.2, 0.25) is 5.91 Å². The summed E-state index contributed by atoms with van der Waals surface area (Å²) in [4.78, 5) is 18.5. The average Bonchev–Trinajstić information content (AvgIpc) is 3.40. The van der Waals surface area contributed by atoms with E-state index in [2.05, 4.69) is 66.4 Å². The van der Waals surface area contributed by atoms with Crippen LogP contribution >= 0.6 is 0 Å².